The standard InChI is InChI=1S/C15H16N6O/c16-15-18-4-1-11(20-15)10-7-19-14-13(10)12(2-5-17-14)21-6-3-9(22)8-21/h1-2,4-5,7,9,22H,3,6,8H2,(H,17,19)(H2,16,18,20)/t9-/m0/s1. The van der Waals surface area contributed by atoms with Gasteiger partial charge in [-0.1, -0.05) is 0 Å². The largest absolute Gasteiger partial charge is 0.391 e. The highest BCUT2D eigenvalue weighted by molar-refractivity contribution is 6.02. The minimum atomic E-state index is -0.277. The quantitative estimate of drug-likeness (QED) is 0.656. The van der Waals surface area contributed by atoms with Crippen molar-refractivity contribution >= 4 is 22.7 Å². The number of nitrogens with one attached hydrogen (secondary N) is 1. The van der Waals surface area contributed by atoms with E-state index in [1.807, 2.05) is 18.3 Å². The summed E-state index contributed by atoms with van der Waals surface area (Å²) < 4.78 is 0. The first kappa shape index (κ1) is 13.0. The van der Waals surface area contributed by atoms with E-state index in [4.69, 9.17) is 5.73 Å². The van der Waals surface area contributed by atoms with Crippen molar-refractivity contribution < 1.29 is 5.11 Å². The summed E-state index contributed by atoms with van der Waals surface area (Å²) in [7, 11) is 0. The average molecular weight is 296 g/mol. The monoisotopic (exact) mass is 296 g/mol. The first-order chi connectivity index (χ1) is 10.7. The third-order valence-corrected chi connectivity index (χ3v) is 4.01. The van der Waals surface area contributed by atoms with Crippen LogP contribution in [0.25, 0.3) is 22.3 Å². The number of nitrogen functional groups attached to an aromatic ring is 1. The minimum Gasteiger partial charge on any atom is -0.391 e. The Balaban J connectivity index is 1.90. The second-order valence-electron chi connectivity index (χ2n) is 5.44. The molecule has 7 heteroatoms. The number of pyridine rings is 1. The van der Waals surface area contributed by atoms with Crippen molar-refractivity contribution in [3.63, 3.8) is 0 Å². The second-order valence-corrected chi connectivity index (χ2v) is 5.44. The third-order valence-electron chi connectivity index (χ3n) is 4.01. The molecular formula is C15H16N6O. The van der Waals surface area contributed by atoms with Gasteiger partial charge in [0.2, 0.25) is 5.95 Å². The van der Waals surface area contributed by atoms with Crippen LogP contribution in [0.5, 0.6) is 0 Å². The second kappa shape index (κ2) is 4.96. The molecule has 1 aliphatic rings. The zero-order valence-electron chi connectivity index (χ0n) is 11.9. The molecular weight excluding hydrogens is 280 g/mol. The van der Waals surface area contributed by atoms with Gasteiger partial charge in [0.05, 0.1) is 22.9 Å². The molecule has 4 N–H and O–H groups in total. The van der Waals surface area contributed by atoms with Crippen LogP contribution in [0.1, 0.15) is 6.42 Å². The maximum atomic E-state index is 9.80. The van der Waals surface area contributed by atoms with Crippen LogP contribution in [0.3, 0.4) is 0 Å². The lowest BCUT2D eigenvalue weighted by Crippen LogP contribution is -2.21. The Morgan fingerprint density at radius 3 is 2.91 bits per heavy atom. The summed E-state index contributed by atoms with van der Waals surface area (Å²) in [6.45, 7) is 1.46. The number of fused-ring (bicyclic) bond motifs is 1. The summed E-state index contributed by atoms with van der Waals surface area (Å²) in [4.78, 5) is 18.0. The lowest BCUT2D eigenvalue weighted by Gasteiger charge is -2.19. The molecule has 0 aromatic carbocycles. The highest BCUT2D eigenvalue weighted by atomic mass is 16.3. The van der Waals surface area contributed by atoms with Crippen LogP contribution in [0.4, 0.5) is 11.6 Å². The maximum Gasteiger partial charge on any atom is 0.220 e. The van der Waals surface area contributed by atoms with Crippen molar-refractivity contribution in [3.05, 3.63) is 30.7 Å². The van der Waals surface area contributed by atoms with Gasteiger partial charge in [0.1, 0.15) is 5.65 Å². The van der Waals surface area contributed by atoms with Crippen molar-refractivity contribution in [2.75, 3.05) is 23.7 Å². The Hall–Kier alpha value is -2.67. The van der Waals surface area contributed by atoms with E-state index >= 15 is 0 Å². The number of nitrogens with two attached hydrogens (primary N) is 1. The molecule has 0 bridgehead atoms. The molecule has 7 nitrogen and oxygen atoms in total. The molecule has 0 spiro atoms. The third kappa shape index (κ3) is 2.06. The number of aliphatic hydroxyl groups is 1. The number of hydrogen-bond donors (Lipinski definition) is 3. The predicted molar refractivity (Wildman–Crippen MR) is 84.4 cm³/mol. The van der Waals surface area contributed by atoms with Crippen LogP contribution in [-0.2, 0) is 0 Å². The summed E-state index contributed by atoms with van der Waals surface area (Å²) >= 11 is 0. The lowest BCUT2D eigenvalue weighted by atomic mass is 10.1. The van der Waals surface area contributed by atoms with Crippen LogP contribution in [0.15, 0.2) is 30.7 Å². The molecule has 0 saturated carbocycles. The van der Waals surface area contributed by atoms with E-state index in [-0.39, 0.29) is 12.1 Å². The molecule has 4 heterocycles. The van der Waals surface area contributed by atoms with Gasteiger partial charge in [0.25, 0.3) is 0 Å². The number of aromatic amines is 1. The number of aromatic nitrogens is 4. The Kier molecular flexibility index (Phi) is 2.93. The summed E-state index contributed by atoms with van der Waals surface area (Å²) in [5.74, 6) is 0.244. The summed E-state index contributed by atoms with van der Waals surface area (Å²) in [5, 5.41) is 10.8. The smallest absolute Gasteiger partial charge is 0.220 e. The molecule has 0 amide bonds. The number of aliphatic hydroxyl groups excluding tert-OH is 1. The number of nitrogens with zero attached hydrogens (tertiary/aromatic N) is 4. The molecule has 22 heavy (non-hydrogen) atoms. The van der Waals surface area contributed by atoms with E-state index in [0.717, 1.165) is 40.9 Å². The number of hydrogen-bond acceptors (Lipinski definition) is 6. The van der Waals surface area contributed by atoms with Gasteiger partial charge in [-0.25, -0.2) is 15.0 Å². The lowest BCUT2D eigenvalue weighted by molar-refractivity contribution is 0.198. The van der Waals surface area contributed by atoms with E-state index in [9.17, 15) is 5.11 Å². The molecule has 1 atom stereocenters. The normalized spacial score (nSPS) is 18.2. The van der Waals surface area contributed by atoms with Gasteiger partial charge in [-0.3, -0.25) is 0 Å². The van der Waals surface area contributed by atoms with Crippen LogP contribution in [0.2, 0.25) is 0 Å². The Labute approximate surface area is 126 Å². The highest BCUT2D eigenvalue weighted by Gasteiger charge is 2.24. The molecule has 3 aromatic rings. The molecule has 1 fully saturated rings. The molecule has 3 aromatic heterocycles. The molecule has 112 valence electrons. The van der Waals surface area contributed by atoms with Crippen LogP contribution < -0.4 is 10.6 Å². The molecule has 4 rings (SSSR count). The molecule has 0 aliphatic carbocycles. The summed E-state index contributed by atoms with van der Waals surface area (Å²) in [6.07, 6.45) is 5.81. The Morgan fingerprint density at radius 1 is 1.27 bits per heavy atom. The van der Waals surface area contributed by atoms with Crippen molar-refractivity contribution in [3.8, 4) is 11.3 Å². The van der Waals surface area contributed by atoms with Gasteiger partial charge < -0.3 is 20.7 Å². The first-order valence-corrected chi connectivity index (χ1v) is 7.20. The van der Waals surface area contributed by atoms with E-state index < -0.39 is 0 Å². The minimum absolute atomic E-state index is 0.244. The molecule has 0 unspecified atom stereocenters. The van der Waals surface area contributed by atoms with Crippen LogP contribution >= 0.6 is 0 Å². The maximum absolute atomic E-state index is 9.80. The van der Waals surface area contributed by atoms with E-state index in [1.165, 1.54) is 0 Å². The zero-order chi connectivity index (χ0) is 15.1. The van der Waals surface area contributed by atoms with Crippen molar-refractivity contribution in [1.82, 2.24) is 19.9 Å². The Bertz CT molecular complexity index is 830. The molecule has 0 radical (unpaired) electrons. The van der Waals surface area contributed by atoms with E-state index in [0.29, 0.717) is 6.54 Å². The predicted octanol–water partition coefficient (Wildman–Crippen LogP) is 1.17. The van der Waals surface area contributed by atoms with Crippen molar-refractivity contribution in [2.24, 2.45) is 0 Å². The van der Waals surface area contributed by atoms with Gasteiger partial charge in [-0.05, 0) is 18.6 Å². The van der Waals surface area contributed by atoms with Gasteiger partial charge in [-0.2, -0.15) is 0 Å². The first-order valence-electron chi connectivity index (χ1n) is 7.20. The van der Waals surface area contributed by atoms with E-state index in [1.54, 1.807) is 12.4 Å². The fraction of sp³-hybridized carbons (Fsp3) is 0.267. The number of β-amino-alcohol motifs (C(OH)–C–C–N with tert-alkyl or cyclic N) is 1. The van der Waals surface area contributed by atoms with E-state index in [2.05, 4.69) is 24.8 Å². The van der Waals surface area contributed by atoms with Gasteiger partial charge in [-0.15, -0.1) is 0 Å². The van der Waals surface area contributed by atoms with Crippen molar-refractivity contribution in [1.29, 1.82) is 0 Å². The van der Waals surface area contributed by atoms with Gasteiger partial charge in [0.15, 0.2) is 0 Å². The average Bonchev–Trinajstić information content (AvgIpc) is 3.13. The fourth-order valence-electron chi connectivity index (χ4n) is 2.99. The number of rotatable bonds is 2. The van der Waals surface area contributed by atoms with Crippen LogP contribution in [-0.4, -0.2) is 44.2 Å². The SMILES string of the molecule is Nc1nccc(-c2c[nH]c3nccc(N4CC[C@H](O)C4)c23)n1. The highest BCUT2D eigenvalue weighted by Crippen LogP contribution is 2.35. The molecule has 1 aliphatic heterocycles. The van der Waals surface area contributed by atoms with Crippen LogP contribution in [0, 0.1) is 0 Å². The van der Waals surface area contributed by atoms with Crippen molar-refractivity contribution in [2.45, 2.75) is 12.5 Å². The summed E-state index contributed by atoms with van der Waals surface area (Å²) in [6, 6.07) is 3.80. The Morgan fingerprint density at radius 2 is 2.14 bits per heavy atom. The summed E-state index contributed by atoms with van der Waals surface area (Å²) in [5.41, 5.74) is 9.24. The van der Waals surface area contributed by atoms with Gasteiger partial charge >= 0.3 is 0 Å². The number of anilines is 2. The number of H-pyrrole nitrogens is 1. The fourth-order valence-corrected chi connectivity index (χ4v) is 2.99. The van der Waals surface area contributed by atoms with Gasteiger partial charge in [0, 0.05) is 37.2 Å². The topological polar surface area (TPSA) is 104 Å². The zero-order valence-corrected chi connectivity index (χ0v) is 11.9. The molecule has 1 saturated heterocycles.